The molecule has 1 fully saturated rings. The Labute approximate surface area is 659 Å². The monoisotopic (exact) mass is 1510 g/mol. The third-order valence-corrected chi connectivity index (χ3v) is 26.2. The molecule has 1 aliphatic heterocycles. The predicted molar refractivity (Wildman–Crippen MR) is 472 cm³/mol. The molecule has 0 spiro atoms. The smallest absolute Gasteiger partial charge is 0.399 e. The fourth-order valence-corrected chi connectivity index (χ4v) is 19.9. The van der Waals surface area contributed by atoms with Crippen LogP contribution in [-0.2, 0) is 9.31 Å². The van der Waals surface area contributed by atoms with Crippen molar-refractivity contribution in [1.82, 2.24) is 19.9 Å². The van der Waals surface area contributed by atoms with Gasteiger partial charge in [0.1, 0.15) is 0 Å². The Bertz CT molecular complexity index is 6910. The second-order valence-corrected chi connectivity index (χ2v) is 33.2. The van der Waals surface area contributed by atoms with Gasteiger partial charge >= 0.3 is 7.12 Å². The number of halogens is 1. The Morgan fingerprint density at radius 1 is 0.264 bits per heavy atom. The summed E-state index contributed by atoms with van der Waals surface area (Å²) in [5.74, 6) is 0.731. The molecule has 12 heteroatoms. The van der Waals surface area contributed by atoms with Gasteiger partial charge in [-0.25, -0.2) is 19.9 Å². The van der Waals surface area contributed by atoms with Gasteiger partial charge in [-0.3, -0.25) is 0 Å². The standard InChI is InChI=1S/C46H28N2S2.C30H27BO2S.C22H13ClN2S/c1-2-12-29(13-3-1)30-14-9-18-34(27-30)42-45-43(39-21-5-7-25-41(39)50-45)48-46(47-42)35-19-10-16-32(28-35)31-15-8-17-33(26-31)36-22-11-23-38-37-20-4-6-24-40(37)49-44(36)38;1-29(2)30(3,4)33-31(32-29)23-13-8-11-21(19-23)20-10-7-12-22(18-20)24-15-9-16-26-25-14-5-6-17-27(25)34-28(24)26;23-22-24-19(21-20(25-22)17-11-4-5-12-18(17)26-21)16-10-6-9-15(13-16)14-7-2-1-3-8-14/h1-28H;5-19H,1-4H3;1-13H. The van der Waals surface area contributed by atoms with Gasteiger partial charge in [0.05, 0.1) is 43.0 Å². The zero-order valence-electron chi connectivity index (χ0n) is 60.5. The van der Waals surface area contributed by atoms with E-state index >= 15 is 0 Å². The molecule has 0 amide bonds. The summed E-state index contributed by atoms with van der Waals surface area (Å²) >= 11 is 13.5. The van der Waals surface area contributed by atoms with E-state index in [9.17, 15) is 0 Å². The Hall–Kier alpha value is -11.6. The highest BCUT2D eigenvalue weighted by Crippen LogP contribution is 2.46. The molecule has 1 saturated heterocycles. The lowest BCUT2D eigenvalue weighted by Crippen LogP contribution is -2.41. The van der Waals surface area contributed by atoms with E-state index in [0.717, 1.165) is 87.3 Å². The number of aromatic nitrogens is 4. The molecule has 0 N–H and O–H groups in total. The maximum absolute atomic E-state index is 6.29. The number of thiophene rings is 4. The Balaban J connectivity index is 0.000000119. The van der Waals surface area contributed by atoms with E-state index in [4.69, 9.17) is 30.9 Å². The van der Waals surface area contributed by atoms with Crippen molar-refractivity contribution in [3.8, 4) is 101 Å². The van der Waals surface area contributed by atoms with E-state index in [0.29, 0.717) is 0 Å². The molecule has 0 aliphatic carbocycles. The van der Waals surface area contributed by atoms with Crippen LogP contribution in [-0.4, -0.2) is 38.3 Å². The normalized spacial score (nSPS) is 13.2. The van der Waals surface area contributed by atoms with Crippen molar-refractivity contribution in [1.29, 1.82) is 0 Å². The summed E-state index contributed by atoms with van der Waals surface area (Å²) in [5, 5.41) is 7.85. The van der Waals surface area contributed by atoms with E-state index in [-0.39, 0.29) is 23.6 Å². The van der Waals surface area contributed by atoms with Crippen molar-refractivity contribution in [3.05, 3.63) is 345 Å². The molecule has 0 unspecified atom stereocenters. The highest BCUT2D eigenvalue weighted by Gasteiger charge is 2.51. The van der Waals surface area contributed by atoms with E-state index < -0.39 is 0 Å². The van der Waals surface area contributed by atoms with Crippen LogP contribution < -0.4 is 5.46 Å². The second kappa shape index (κ2) is 28.8. The minimum atomic E-state index is -0.361. The number of hydrogen-bond donors (Lipinski definition) is 0. The van der Waals surface area contributed by atoms with Crippen molar-refractivity contribution >= 4 is 150 Å². The SMILES string of the molecule is CC1(C)OB(c2cccc(-c3cccc(-c4cccc5c4sc4ccccc45)c3)c2)OC1(C)C.Clc1nc(-c2cccc(-c3ccccc3)c2)c2sc3ccccc3c2n1.c1ccc(-c2cccc(-c3nc(-c4cccc(-c5cccc(-c6cccc7c6sc6ccccc67)c5)c4)nc4c3sc3ccccc34)c2)cc1. The third kappa shape index (κ3) is 13.0. The summed E-state index contributed by atoms with van der Waals surface area (Å²) in [6, 6.07) is 120. The molecule has 1 aliphatic rings. The van der Waals surface area contributed by atoms with Crippen molar-refractivity contribution in [2.75, 3.05) is 0 Å². The molecular formula is C98H68BClN4O2S4. The lowest BCUT2D eigenvalue weighted by molar-refractivity contribution is 0.00578. The maximum Gasteiger partial charge on any atom is 0.494 e. The summed E-state index contributed by atoms with van der Waals surface area (Å²) in [7, 11) is -0.361. The van der Waals surface area contributed by atoms with E-state index in [2.05, 4.69) is 347 Å². The fourth-order valence-electron chi connectivity index (χ4n) is 15.0. The second-order valence-electron chi connectivity index (χ2n) is 28.7. The first-order valence-corrected chi connectivity index (χ1v) is 40.5. The summed E-state index contributed by atoms with van der Waals surface area (Å²) in [6.45, 7) is 8.37. The van der Waals surface area contributed by atoms with Crippen LogP contribution in [0.4, 0.5) is 0 Å². The number of nitrogens with zero attached hydrogens (tertiary/aromatic N) is 4. The molecule has 0 saturated carbocycles. The van der Waals surface area contributed by atoms with Crippen LogP contribution in [0.2, 0.25) is 5.28 Å². The topological polar surface area (TPSA) is 70.0 Å². The first-order chi connectivity index (χ1) is 53.9. The highest BCUT2D eigenvalue weighted by atomic mass is 35.5. The van der Waals surface area contributed by atoms with Gasteiger partial charge in [-0.15, -0.1) is 45.3 Å². The molecule has 526 valence electrons. The summed E-state index contributed by atoms with van der Waals surface area (Å²) in [5.41, 5.74) is 21.6. The molecule has 14 aromatic carbocycles. The van der Waals surface area contributed by atoms with Gasteiger partial charge in [-0.1, -0.05) is 285 Å². The largest absolute Gasteiger partial charge is 0.494 e. The molecule has 110 heavy (non-hydrogen) atoms. The number of benzene rings is 14. The van der Waals surface area contributed by atoms with Gasteiger partial charge in [0.15, 0.2) is 5.82 Å². The number of hydrogen-bond acceptors (Lipinski definition) is 10. The third-order valence-electron chi connectivity index (χ3n) is 21.3. The number of fused-ring (bicyclic) bond motifs is 12. The van der Waals surface area contributed by atoms with Crippen LogP contribution in [0.25, 0.3) is 182 Å². The van der Waals surface area contributed by atoms with Crippen molar-refractivity contribution in [2.45, 2.75) is 38.9 Å². The van der Waals surface area contributed by atoms with Crippen LogP contribution in [0, 0.1) is 0 Å². The van der Waals surface area contributed by atoms with Gasteiger partial charge in [0.25, 0.3) is 0 Å². The average molecular weight is 1510 g/mol. The summed E-state index contributed by atoms with van der Waals surface area (Å²) in [6.07, 6.45) is 0. The van der Waals surface area contributed by atoms with Gasteiger partial charge in [-0.2, -0.15) is 0 Å². The Kier molecular flexibility index (Phi) is 18.0. The number of rotatable bonds is 10. The quantitative estimate of drug-likeness (QED) is 0.100. The highest BCUT2D eigenvalue weighted by molar-refractivity contribution is 7.27. The molecule has 0 radical (unpaired) electrons. The van der Waals surface area contributed by atoms with Crippen molar-refractivity contribution in [3.63, 3.8) is 0 Å². The Morgan fingerprint density at radius 2 is 0.582 bits per heavy atom. The van der Waals surface area contributed by atoms with Crippen LogP contribution in [0.15, 0.2) is 340 Å². The maximum atomic E-state index is 6.29. The van der Waals surface area contributed by atoms with Crippen LogP contribution in [0.3, 0.4) is 0 Å². The van der Waals surface area contributed by atoms with E-state index in [1.807, 2.05) is 53.0 Å². The lowest BCUT2D eigenvalue weighted by atomic mass is 9.78. The molecule has 0 bridgehead atoms. The first kappa shape index (κ1) is 68.9. The minimum absolute atomic E-state index is 0.279. The summed E-state index contributed by atoms with van der Waals surface area (Å²) in [4.78, 5) is 19.6. The molecule has 7 heterocycles. The Morgan fingerprint density at radius 3 is 1.06 bits per heavy atom. The lowest BCUT2D eigenvalue weighted by Gasteiger charge is -2.32. The minimum Gasteiger partial charge on any atom is -0.399 e. The van der Waals surface area contributed by atoms with Crippen molar-refractivity contribution in [2.24, 2.45) is 0 Å². The zero-order valence-corrected chi connectivity index (χ0v) is 64.5. The summed E-state index contributed by atoms with van der Waals surface area (Å²) < 4.78 is 22.5. The van der Waals surface area contributed by atoms with Gasteiger partial charge < -0.3 is 9.31 Å². The van der Waals surface area contributed by atoms with E-state index in [1.165, 1.54) is 99.8 Å². The van der Waals surface area contributed by atoms with Crippen molar-refractivity contribution < 1.29 is 9.31 Å². The van der Waals surface area contributed by atoms with Gasteiger partial charge in [-0.05, 0) is 166 Å². The van der Waals surface area contributed by atoms with Crippen LogP contribution in [0.5, 0.6) is 0 Å². The zero-order chi connectivity index (χ0) is 74.0. The predicted octanol–water partition coefficient (Wildman–Crippen LogP) is 28.1. The fraction of sp³-hybridized carbons (Fsp3) is 0.0612. The molecule has 0 atom stereocenters. The molecule has 6 nitrogen and oxygen atoms in total. The van der Waals surface area contributed by atoms with Crippen LogP contribution in [0.1, 0.15) is 27.7 Å². The average Bonchev–Trinajstić information content (AvgIpc) is 1.28. The molecule has 20 aromatic rings. The molecular weight excluding hydrogens is 1440 g/mol. The molecule has 6 aromatic heterocycles. The van der Waals surface area contributed by atoms with Crippen LogP contribution >= 0.6 is 56.9 Å². The van der Waals surface area contributed by atoms with Gasteiger partial charge in [0.2, 0.25) is 5.28 Å². The first-order valence-electron chi connectivity index (χ1n) is 36.8. The molecule has 21 rings (SSSR count). The van der Waals surface area contributed by atoms with E-state index in [1.54, 1.807) is 22.7 Å². The van der Waals surface area contributed by atoms with Gasteiger partial charge in [0, 0.05) is 77.2 Å².